The Bertz CT molecular complexity index is 838. The number of halogens is 1. The van der Waals surface area contributed by atoms with Crippen molar-refractivity contribution in [3.8, 4) is 0 Å². The average molecular weight is 314 g/mol. The fraction of sp³-hybridized carbons (Fsp3) is 0.167. The highest BCUT2D eigenvalue weighted by Crippen LogP contribution is 2.26. The lowest BCUT2D eigenvalue weighted by Gasteiger charge is -2.18. The van der Waals surface area contributed by atoms with Crippen molar-refractivity contribution >= 4 is 34.2 Å². The van der Waals surface area contributed by atoms with Crippen molar-refractivity contribution in [2.24, 2.45) is 0 Å². The molecule has 0 fully saturated rings. The summed E-state index contributed by atoms with van der Waals surface area (Å²) in [7, 11) is 1.73. The number of furan rings is 1. The lowest BCUT2D eigenvalue weighted by atomic mass is 10.1. The van der Waals surface area contributed by atoms with Gasteiger partial charge in [-0.2, -0.15) is 0 Å². The molecule has 0 unspecified atom stereocenters. The Morgan fingerprint density at radius 1 is 1.23 bits per heavy atom. The van der Waals surface area contributed by atoms with Crippen LogP contribution in [0.2, 0.25) is 5.02 Å². The Hall–Kier alpha value is -2.26. The van der Waals surface area contributed by atoms with Crippen molar-refractivity contribution < 1.29 is 9.21 Å². The van der Waals surface area contributed by atoms with Crippen LogP contribution in [-0.2, 0) is 11.2 Å². The fourth-order valence-corrected chi connectivity index (χ4v) is 2.73. The third kappa shape index (κ3) is 2.72. The third-order valence-electron chi connectivity index (χ3n) is 3.74. The van der Waals surface area contributed by atoms with E-state index < -0.39 is 0 Å². The van der Waals surface area contributed by atoms with Crippen LogP contribution in [0.3, 0.4) is 0 Å². The van der Waals surface area contributed by atoms with Gasteiger partial charge in [-0.15, -0.1) is 0 Å². The van der Waals surface area contributed by atoms with Gasteiger partial charge < -0.3 is 9.32 Å². The minimum atomic E-state index is -0.0311. The van der Waals surface area contributed by atoms with Crippen LogP contribution < -0.4 is 4.90 Å². The van der Waals surface area contributed by atoms with Crippen LogP contribution in [0.1, 0.15) is 11.1 Å². The molecular formula is C18H16ClNO2. The van der Waals surface area contributed by atoms with Crippen LogP contribution in [0, 0.1) is 6.92 Å². The summed E-state index contributed by atoms with van der Waals surface area (Å²) in [6.45, 7) is 2.01. The summed E-state index contributed by atoms with van der Waals surface area (Å²) < 4.78 is 5.54. The van der Waals surface area contributed by atoms with Crippen molar-refractivity contribution in [3.05, 3.63) is 64.9 Å². The van der Waals surface area contributed by atoms with E-state index in [2.05, 4.69) is 0 Å². The van der Waals surface area contributed by atoms with Crippen LogP contribution in [-0.4, -0.2) is 13.0 Å². The Balaban J connectivity index is 1.85. The number of fused-ring (bicyclic) bond motifs is 1. The molecule has 0 aliphatic rings. The SMILES string of the molecule is Cc1ccc2c(CC(=O)N(C)c3ccccc3Cl)coc2c1. The summed E-state index contributed by atoms with van der Waals surface area (Å²) in [6.07, 6.45) is 1.93. The van der Waals surface area contributed by atoms with Gasteiger partial charge in [0.25, 0.3) is 0 Å². The van der Waals surface area contributed by atoms with E-state index in [1.807, 2.05) is 43.3 Å². The van der Waals surface area contributed by atoms with Crippen LogP contribution >= 0.6 is 11.6 Å². The van der Waals surface area contributed by atoms with Crippen LogP contribution in [0.5, 0.6) is 0 Å². The largest absolute Gasteiger partial charge is 0.464 e. The highest BCUT2D eigenvalue weighted by Gasteiger charge is 2.16. The fourth-order valence-electron chi connectivity index (χ4n) is 2.47. The molecule has 0 spiro atoms. The number of aryl methyl sites for hydroxylation is 1. The molecule has 1 heterocycles. The summed E-state index contributed by atoms with van der Waals surface area (Å²) in [4.78, 5) is 14.1. The van der Waals surface area contributed by atoms with Gasteiger partial charge in [-0.1, -0.05) is 35.9 Å². The number of hydrogen-bond acceptors (Lipinski definition) is 2. The van der Waals surface area contributed by atoms with E-state index in [1.54, 1.807) is 24.3 Å². The monoisotopic (exact) mass is 313 g/mol. The quantitative estimate of drug-likeness (QED) is 0.708. The predicted molar refractivity (Wildman–Crippen MR) is 89.5 cm³/mol. The first-order valence-electron chi connectivity index (χ1n) is 7.04. The lowest BCUT2D eigenvalue weighted by Crippen LogP contribution is -2.28. The number of hydrogen-bond donors (Lipinski definition) is 0. The third-order valence-corrected chi connectivity index (χ3v) is 4.06. The first kappa shape index (κ1) is 14.7. The number of anilines is 1. The molecule has 1 amide bonds. The Morgan fingerprint density at radius 2 is 2.00 bits per heavy atom. The number of nitrogens with zero attached hydrogens (tertiary/aromatic N) is 1. The zero-order chi connectivity index (χ0) is 15.7. The molecule has 0 saturated carbocycles. The van der Waals surface area contributed by atoms with Crippen molar-refractivity contribution in [1.29, 1.82) is 0 Å². The summed E-state index contributed by atoms with van der Waals surface area (Å²) >= 11 is 6.15. The van der Waals surface area contributed by atoms with E-state index in [9.17, 15) is 4.79 Å². The molecule has 1 aromatic heterocycles. The lowest BCUT2D eigenvalue weighted by molar-refractivity contribution is -0.117. The number of benzene rings is 2. The Morgan fingerprint density at radius 3 is 2.77 bits per heavy atom. The van der Waals surface area contributed by atoms with Gasteiger partial charge in [0, 0.05) is 18.0 Å². The minimum absolute atomic E-state index is 0.0311. The number of carbonyl (C=O) groups is 1. The van der Waals surface area contributed by atoms with Gasteiger partial charge in [0.1, 0.15) is 5.58 Å². The van der Waals surface area contributed by atoms with Gasteiger partial charge in [-0.05, 0) is 30.7 Å². The van der Waals surface area contributed by atoms with Gasteiger partial charge >= 0.3 is 0 Å². The number of rotatable bonds is 3. The summed E-state index contributed by atoms with van der Waals surface area (Å²) in [5, 5.41) is 1.54. The van der Waals surface area contributed by atoms with Crippen molar-refractivity contribution in [2.75, 3.05) is 11.9 Å². The molecular weight excluding hydrogens is 298 g/mol. The maximum Gasteiger partial charge on any atom is 0.231 e. The summed E-state index contributed by atoms with van der Waals surface area (Å²) in [5.41, 5.74) is 3.54. The first-order chi connectivity index (χ1) is 10.6. The Labute approximate surface area is 134 Å². The van der Waals surface area contributed by atoms with E-state index >= 15 is 0 Å². The van der Waals surface area contributed by atoms with Gasteiger partial charge in [0.05, 0.1) is 23.4 Å². The number of para-hydroxylation sites is 1. The molecule has 0 bridgehead atoms. The molecule has 3 rings (SSSR count). The molecule has 2 aromatic carbocycles. The zero-order valence-corrected chi connectivity index (χ0v) is 13.2. The van der Waals surface area contributed by atoms with Gasteiger partial charge in [-0.3, -0.25) is 4.79 Å². The molecule has 0 radical (unpaired) electrons. The Kier molecular flexibility index (Phi) is 3.90. The maximum absolute atomic E-state index is 12.5. The molecule has 22 heavy (non-hydrogen) atoms. The first-order valence-corrected chi connectivity index (χ1v) is 7.42. The van der Waals surface area contributed by atoms with E-state index in [0.717, 1.165) is 22.1 Å². The number of amides is 1. The highest BCUT2D eigenvalue weighted by atomic mass is 35.5. The normalized spacial score (nSPS) is 10.9. The second-order valence-electron chi connectivity index (χ2n) is 5.34. The van der Waals surface area contributed by atoms with Crippen molar-refractivity contribution in [3.63, 3.8) is 0 Å². The molecule has 3 aromatic rings. The maximum atomic E-state index is 12.5. The van der Waals surface area contributed by atoms with Gasteiger partial charge in [0.2, 0.25) is 5.91 Å². The number of carbonyl (C=O) groups excluding carboxylic acids is 1. The highest BCUT2D eigenvalue weighted by molar-refractivity contribution is 6.33. The second-order valence-corrected chi connectivity index (χ2v) is 5.75. The molecule has 0 atom stereocenters. The molecule has 0 aliphatic carbocycles. The van der Waals surface area contributed by atoms with E-state index in [-0.39, 0.29) is 12.3 Å². The number of likely N-dealkylation sites (N-methyl/N-ethyl adjacent to an activating group) is 1. The van der Waals surface area contributed by atoms with Crippen LogP contribution in [0.15, 0.2) is 53.1 Å². The zero-order valence-electron chi connectivity index (χ0n) is 12.5. The van der Waals surface area contributed by atoms with E-state index in [0.29, 0.717) is 10.7 Å². The molecule has 3 nitrogen and oxygen atoms in total. The van der Waals surface area contributed by atoms with E-state index in [4.69, 9.17) is 16.0 Å². The molecule has 0 saturated heterocycles. The molecule has 4 heteroatoms. The average Bonchev–Trinajstić information content (AvgIpc) is 2.89. The van der Waals surface area contributed by atoms with Crippen LogP contribution in [0.25, 0.3) is 11.0 Å². The molecule has 112 valence electrons. The predicted octanol–water partition coefficient (Wildman–Crippen LogP) is 4.60. The van der Waals surface area contributed by atoms with Crippen LogP contribution in [0.4, 0.5) is 5.69 Å². The molecule has 0 aliphatic heterocycles. The van der Waals surface area contributed by atoms with Gasteiger partial charge in [-0.25, -0.2) is 0 Å². The standard InChI is InChI=1S/C18H16ClNO2/c1-12-7-8-14-13(11-22-17(14)9-12)10-18(21)20(2)16-6-4-3-5-15(16)19/h3-9,11H,10H2,1-2H3. The van der Waals surface area contributed by atoms with Crippen molar-refractivity contribution in [1.82, 2.24) is 0 Å². The van der Waals surface area contributed by atoms with Gasteiger partial charge in [0.15, 0.2) is 0 Å². The minimum Gasteiger partial charge on any atom is -0.464 e. The topological polar surface area (TPSA) is 33.5 Å². The smallest absolute Gasteiger partial charge is 0.231 e. The van der Waals surface area contributed by atoms with Crippen molar-refractivity contribution in [2.45, 2.75) is 13.3 Å². The second kappa shape index (κ2) is 5.85. The van der Waals surface area contributed by atoms with E-state index in [1.165, 1.54) is 0 Å². The summed E-state index contributed by atoms with van der Waals surface area (Å²) in [5.74, 6) is -0.0311. The summed E-state index contributed by atoms with van der Waals surface area (Å²) in [6, 6.07) is 13.3. The molecule has 0 N–H and O–H groups in total.